The Morgan fingerprint density at radius 2 is 1.97 bits per heavy atom. The van der Waals surface area contributed by atoms with Crippen LogP contribution in [0.15, 0.2) is 48.5 Å². The molecule has 4 rings (SSSR count). The summed E-state index contributed by atoms with van der Waals surface area (Å²) < 4.78 is 21.6. The molecule has 2 aliphatic heterocycles. The van der Waals surface area contributed by atoms with Crippen molar-refractivity contribution in [1.82, 2.24) is 4.90 Å². The number of cyclic esters (lactones) is 1. The van der Waals surface area contributed by atoms with E-state index in [2.05, 4.69) is 0 Å². The van der Waals surface area contributed by atoms with E-state index >= 15 is 0 Å². The summed E-state index contributed by atoms with van der Waals surface area (Å²) in [4.78, 5) is 25.7. The molecule has 1 fully saturated rings. The molecule has 0 radical (unpaired) electrons. The van der Waals surface area contributed by atoms with Gasteiger partial charge in [0.15, 0.2) is 11.5 Å². The lowest BCUT2D eigenvalue weighted by Gasteiger charge is -2.26. The number of benzene rings is 2. The van der Waals surface area contributed by atoms with Gasteiger partial charge in [-0.25, -0.2) is 9.59 Å². The molecule has 1 saturated heterocycles. The second-order valence-corrected chi connectivity index (χ2v) is 7.21. The molecule has 0 aromatic heterocycles. The van der Waals surface area contributed by atoms with Crippen LogP contribution in [0.25, 0.3) is 0 Å². The van der Waals surface area contributed by atoms with Crippen LogP contribution in [-0.2, 0) is 20.7 Å². The molecule has 152 valence electrons. The average Bonchev–Trinajstić information content (AvgIpc) is 3.15. The summed E-state index contributed by atoms with van der Waals surface area (Å²) in [6.45, 7) is 2.63. The fraction of sp³-hybridized carbons (Fsp3) is 0.364. The molecule has 2 unspecified atom stereocenters. The van der Waals surface area contributed by atoms with Crippen molar-refractivity contribution in [2.45, 2.75) is 31.6 Å². The monoisotopic (exact) mass is 397 g/mol. The highest BCUT2D eigenvalue weighted by Gasteiger charge is 2.35. The highest BCUT2D eigenvalue weighted by Crippen LogP contribution is 2.34. The largest absolute Gasteiger partial charge is 0.485 e. The Balaban J connectivity index is 1.41. The summed E-state index contributed by atoms with van der Waals surface area (Å²) in [6.07, 6.45) is -0.661. The average molecular weight is 397 g/mol. The highest BCUT2D eigenvalue weighted by molar-refractivity contribution is 5.75. The van der Waals surface area contributed by atoms with Crippen molar-refractivity contribution in [3.8, 4) is 11.5 Å². The van der Waals surface area contributed by atoms with Gasteiger partial charge >= 0.3 is 12.1 Å². The quantitative estimate of drug-likeness (QED) is 0.722. The summed E-state index contributed by atoms with van der Waals surface area (Å²) in [7, 11) is 1.32. The third-order valence-electron chi connectivity index (χ3n) is 5.21. The molecule has 2 aliphatic rings. The lowest BCUT2D eigenvalue weighted by atomic mass is 10.0. The minimum Gasteiger partial charge on any atom is -0.485 e. The molecule has 2 aromatic rings. The summed E-state index contributed by atoms with van der Waals surface area (Å²) in [6, 6.07) is 15.3. The van der Waals surface area contributed by atoms with Crippen LogP contribution in [0.3, 0.4) is 0 Å². The Morgan fingerprint density at radius 3 is 2.72 bits per heavy atom. The van der Waals surface area contributed by atoms with Crippen LogP contribution in [0.1, 0.15) is 24.2 Å². The molecule has 0 bridgehead atoms. The maximum Gasteiger partial charge on any atom is 0.410 e. The first-order valence-electron chi connectivity index (χ1n) is 9.57. The van der Waals surface area contributed by atoms with Gasteiger partial charge in [-0.05, 0) is 36.6 Å². The van der Waals surface area contributed by atoms with Crippen LogP contribution in [0, 0.1) is 0 Å². The zero-order valence-electron chi connectivity index (χ0n) is 16.4. The van der Waals surface area contributed by atoms with Crippen molar-refractivity contribution in [2.75, 3.05) is 20.3 Å². The van der Waals surface area contributed by atoms with E-state index in [9.17, 15) is 9.59 Å². The maximum absolute atomic E-state index is 12.4. The minimum absolute atomic E-state index is 0.0402. The number of methoxy groups -OCH3 is 1. The standard InChI is InChI=1S/C22H23NO6/c1-14(23-12-19(29-22(23)25)16-6-4-3-5-7-16)10-15-8-9-17-18(11-15)27-13-20(28-17)21(24)26-2/h3-9,11,14,19-20H,10,12-13H2,1-2H3/t14?,19?,20-/m0/s1. The molecule has 7 heteroatoms. The number of esters is 1. The molecule has 29 heavy (non-hydrogen) atoms. The van der Waals surface area contributed by atoms with Gasteiger partial charge in [-0.15, -0.1) is 0 Å². The van der Waals surface area contributed by atoms with Crippen molar-refractivity contribution in [3.05, 3.63) is 59.7 Å². The first-order valence-corrected chi connectivity index (χ1v) is 9.57. The Labute approximate surface area is 169 Å². The van der Waals surface area contributed by atoms with Crippen LogP contribution < -0.4 is 9.47 Å². The molecule has 7 nitrogen and oxygen atoms in total. The van der Waals surface area contributed by atoms with Crippen LogP contribution in [0.5, 0.6) is 11.5 Å². The fourth-order valence-electron chi connectivity index (χ4n) is 3.62. The molecular weight excluding hydrogens is 374 g/mol. The van der Waals surface area contributed by atoms with E-state index < -0.39 is 12.1 Å². The van der Waals surface area contributed by atoms with Crippen LogP contribution in [0.4, 0.5) is 4.79 Å². The van der Waals surface area contributed by atoms with Gasteiger partial charge < -0.3 is 23.8 Å². The Hall–Kier alpha value is -3.22. The second-order valence-electron chi connectivity index (χ2n) is 7.21. The van der Waals surface area contributed by atoms with Gasteiger partial charge in [0.1, 0.15) is 12.7 Å². The Morgan fingerprint density at radius 1 is 1.17 bits per heavy atom. The molecular formula is C22H23NO6. The minimum atomic E-state index is -0.758. The van der Waals surface area contributed by atoms with Gasteiger partial charge in [-0.1, -0.05) is 36.4 Å². The fourth-order valence-corrected chi connectivity index (χ4v) is 3.62. The van der Waals surface area contributed by atoms with Gasteiger partial charge in [0, 0.05) is 6.04 Å². The lowest BCUT2D eigenvalue weighted by molar-refractivity contribution is -0.151. The first kappa shape index (κ1) is 19.1. The number of hydrogen-bond donors (Lipinski definition) is 0. The van der Waals surface area contributed by atoms with Crippen molar-refractivity contribution in [2.24, 2.45) is 0 Å². The van der Waals surface area contributed by atoms with E-state index in [-0.39, 0.29) is 24.8 Å². The van der Waals surface area contributed by atoms with Gasteiger partial charge in [0.25, 0.3) is 0 Å². The molecule has 2 heterocycles. The predicted molar refractivity (Wildman–Crippen MR) is 104 cm³/mol. The molecule has 0 N–H and O–H groups in total. The Bertz CT molecular complexity index is 899. The Kier molecular flexibility index (Phi) is 5.29. The summed E-state index contributed by atoms with van der Waals surface area (Å²) in [5, 5.41) is 0. The number of carbonyl (C=O) groups excluding carboxylic acids is 2. The van der Waals surface area contributed by atoms with Crippen LogP contribution >= 0.6 is 0 Å². The number of nitrogens with zero attached hydrogens (tertiary/aromatic N) is 1. The zero-order valence-corrected chi connectivity index (χ0v) is 16.4. The van der Waals surface area contributed by atoms with Gasteiger partial charge in [0.05, 0.1) is 13.7 Å². The number of rotatable bonds is 5. The molecule has 0 saturated carbocycles. The summed E-state index contributed by atoms with van der Waals surface area (Å²) in [5.41, 5.74) is 2.00. The van der Waals surface area contributed by atoms with E-state index in [0.29, 0.717) is 24.5 Å². The number of hydrogen-bond acceptors (Lipinski definition) is 6. The SMILES string of the molecule is COC(=O)[C@@H]1COc2cc(CC(C)N3CC(c4ccccc4)OC3=O)ccc2O1. The van der Waals surface area contributed by atoms with E-state index in [1.54, 1.807) is 11.0 Å². The zero-order chi connectivity index (χ0) is 20.4. The van der Waals surface area contributed by atoms with E-state index in [0.717, 1.165) is 11.1 Å². The number of ether oxygens (including phenoxy) is 4. The number of fused-ring (bicyclic) bond motifs is 1. The lowest BCUT2D eigenvalue weighted by Crippen LogP contribution is -2.37. The van der Waals surface area contributed by atoms with E-state index in [1.807, 2.05) is 49.4 Å². The third-order valence-corrected chi connectivity index (χ3v) is 5.21. The molecule has 3 atom stereocenters. The van der Waals surface area contributed by atoms with E-state index in [4.69, 9.17) is 18.9 Å². The summed E-state index contributed by atoms with van der Waals surface area (Å²) in [5.74, 6) is 0.627. The van der Waals surface area contributed by atoms with Gasteiger partial charge in [-0.3, -0.25) is 0 Å². The molecule has 1 amide bonds. The second kappa shape index (κ2) is 8.03. The van der Waals surface area contributed by atoms with Crippen LogP contribution in [-0.4, -0.2) is 49.4 Å². The summed E-state index contributed by atoms with van der Waals surface area (Å²) >= 11 is 0. The molecule has 2 aromatic carbocycles. The number of carbonyl (C=O) groups is 2. The van der Waals surface area contributed by atoms with Crippen molar-refractivity contribution in [1.29, 1.82) is 0 Å². The molecule has 0 aliphatic carbocycles. The normalized spacial score (nSPS) is 21.4. The van der Waals surface area contributed by atoms with Gasteiger partial charge in [0.2, 0.25) is 6.10 Å². The van der Waals surface area contributed by atoms with Crippen LogP contribution in [0.2, 0.25) is 0 Å². The molecule has 0 spiro atoms. The van der Waals surface area contributed by atoms with E-state index in [1.165, 1.54) is 7.11 Å². The smallest absolute Gasteiger partial charge is 0.410 e. The van der Waals surface area contributed by atoms with Crippen molar-refractivity contribution < 1.29 is 28.5 Å². The predicted octanol–water partition coefficient (Wildman–Crippen LogP) is 3.12. The van der Waals surface area contributed by atoms with Crippen molar-refractivity contribution >= 4 is 12.1 Å². The highest BCUT2D eigenvalue weighted by atomic mass is 16.6. The third kappa shape index (κ3) is 3.99. The van der Waals surface area contributed by atoms with Crippen molar-refractivity contribution in [3.63, 3.8) is 0 Å². The first-order chi connectivity index (χ1) is 14.0. The van der Waals surface area contributed by atoms with Gasteiger partial charge in [-0.2, -0.15) is 0 Å². The number of amides is 1. The maximum atomic E-state index is 12.4. The topological polar surface area (TPSA) is 74.3 Å².